The van der Waals surface area contributed by atoms with Crippen LogP contribution in [0.4, 0.5) is 30.6 Å². The van der Waals surface area contributed by atoms with Gasteiger partial charge in [0.2, 0.25) is 0 Å². The lowest BCUT2D eigenvalue weighted by Crippen LogP contribution is -2.23. The zero-order valence-corrected chi connectivity index (χ0v) is 52.3. The van der Waals surface area contributed by atoms with Gasteiger partial charge in [0.05, 0.1) is 25.3 Å². The zero-order valence-electron chi connectivity index (χ0n) is 52.3. The van der Waals surface area contributed by atoms with Gasteiger partial charge >= 0.3 is 0 Å². The van der Waals surface area contributed by atoms with Gasteiger partial charge in [-0.1, -0.05) is 91.0 Å². The lowest BCUT2D eigenvalue weighted by atomic mass is 10.0. The number of carbonyl (C=O) groups is 6. The van der Waals surface area contributed by atoms with E-state index >= 15 is 0 Å². The Balaban J connectivity index is 0.000000166. The van der Waals surface area contributed by atoms with Crippen molar-refractivity contribution >= 4 is 52.9 Å². The summed E-state index contributed by atoms with van der Waals surface area (Å²) in [5, 5.41) is 21.9. The third-order valence-electron chi connectivity index (χ3n) is 15.9. The number of primary amides is 3. The summed E-state index contributed by atoms with van der Waals surface area (Å²) in [4.78, 5) is 73.2. The molecule has 3 aromatic heterocycles. The number of halogens is 3. The van der Waals surface area contributed by atoms with Gasteiger partial charge in [0, 0.05) is 72.3 Å². The lowest BCUT2D eigenvalue weighted by molar-refractivity contribution is 0.0941. The number of nitrogens with one attached hydrogen (secondary N) is 3. The van der Waals surface area contributed by atoms with Crippen LogP contribution in [-0.2, 0) is 29.1 Å². The van der Waals surface area contributed by atoms with E-state index in [-0.39, 0.29) is 89.6 Å². The van der Waals surface area contributed by atoms with Crippen molar-refractivity contribution in [2.45, 2.75) is 85.2 Å². The number of rotatable bonds is 18. The molecule has 0 bridgehead atoms. The fourth-order valence-electron chi connectivity index (χ4n) is 10.7. The van der Waals surface area contributed by atoms with Crippen LogP contribution in [0.25, 0.3) is 33.8 Å². The predicted octanol–water partition coefficient (Wildman–Crippen LogP) is 8.33. The Morgan fingerprint density at radius 1 is 0.468 bits per heavy atom. The van der Waals surface area contributed by atoms with Crippen LogP contribution in [0.3, 0.4) is 0 Å². The standard InChI is InChI=1S/2C23H24FN5O3.C22H24FN5O2/c2*1-13-2-7-16(24)10-18(13)23(31)27-11-14-3-5-15(6-4-14)20-19(22(26)30)21(25)29(28-20)17-8-9-32-12-17;1-12(2)28-20(24)18(21(25)29)19(27-28)15-7-5-14(6-8-15)11-26-22(30)17-10-16(23)9-4-13(17)3/h2*2-7,10,17H,8-9,11-12,25H2,1H3,(H2,26,30)(H,27,31);4-10,12H,11,24H2,1-3H3,(H2,25,29)(H,26,30)/t2*17-;/m10./s1. The molecule has 0 aliphatic carbocycles. The first-order chi connectivity index (χ1) is 44.9. The predicted molar refractivity (Wildman–Crippen MR) is 348 cm³/mol. The van der Waals surface area contributed by atoms with E-state index in [0.29, 0.717) is 93.6 Å². The van der Waals surface area contributed by atoms with Crippen molar-refractivity contribution < 1.29 is 51.4 Å². The summed E-state index contributed by atoms with van der Waals surface area (Å²) in [6.45, 7) is 12.0. The highest BCUT2D eigenvalue weighted by Crippen LogP contribution is 2.34. The number of aryl methyl sites for hydroxylation is 3. The average Bonchev–Trinajstić information content (AvgIpc) is 1.66. The van der Waals surface area contributed by atoms with E-state index < -0.39 is 35.2 Å². The third kappa shape index (κ3) is 15.4. The molecule has 2 saturated heterocycles. The Hall–Kier alpha value is -11.1. The molecule has 15 N–H and O–H groups in total. The van der Waals surface area contributed by atoms with E-state index in [0.717, 1.165) is 29.5 Å². The Bertz CT molecular complexity index is 4120. The monoisotopic (exact) mass is 1280 g/mol. The van der Waals surface area contributed by atoms with Crippen molar-refractivity contribution in [2.24, 2.45) is 17.2 Å². The number of amides is 6. The molecule has 2 fully saturated rings. The number of nitrogens with two attached hydrogens (primary N) is 6. The summed E-state index contributed by atoms with van der Waals surface area (Å²) in [7, 11) is 0. The number of nitrogens with zero attached hydrogens (tertiary/aromatic N) is 6. The van der Waals surface area contributed by atoms with Crippen molar-refractivity contribution in [3.63, 3.8) is 0 Å². The second-order valence-corrected chi connectivity index (χ2v) is 22.9. The van der Waals surface area contributed by atoms with Gasteiger partial charge in [0.1, 0.15) is 68.7 Å². The molecule has 5 heterocycles. The molecule has 11 rings (SSSR count). The molecular weight excluding hydrogens is 1210 g/mol. The number of hydrogen-bond donors (Lipinski definition) is 9. The number of aromatic nitrogens is 6. The van der Waals surface area contributed by atoms with Crippen LogP contribution in [0.2, 0.25) is 0 Å². The maximum Gasteiger partial charge on any atom is 0.254 e. The van der Waals surface area contributed by atoms with Crippen LogP contribution < -0.4 is 50.4 Å². The molecule has 0 spiro atoms. The molecule has 9 aromatic rings. The normalized spacial score (nSPS) is 14.1. The molecule has 6 aromatic carbocycles. The van der Waals surface area contributed by atoms with E-state index in [9.17, 15) is 41.9 Å². The van der Waals surface area contributed by atoms with Crippen LogP contribution in [0.1, 0.15) is 140 Å². The fraction of sp³-hybridized carbons (Fsp3) is 0.250. The molecule has 94 heavy (non-hydrogen) atoms. The maximum atomic E-state index is 13.5. The van der Waals surface area contributed by atoms with Crippen molar-refractivity contribution in [3.05, 3.63) is 212 Å². The molecule has 0 unspecified atom stereocenters. The minimum Gasteiger partial charge on any atom is -0.383 e. The van der Waals surface area contributed by atoms with Gasteiger partial charge in [-0.3, -0.25) is 28.8 Å². The fourth-order valence-corrected chi connectivity index (χ4v) is 10.7. The van der Waals surface area contributed by atoms with E-state index in [1.165, 1.54) is 36.4 Å². The highest BCUT2D eigenvalue weighted by Gasteiger charge is 2.30. The summed E-state index contributed by atoms with van der Waals surface area (Å²) in [6, 6.07) is 33.8. The smallest absolute Gasteiger partial charge is 0.254 e. The SMILES string of the molecule is Cc1ccc(F)cc1C(=O)NCc1ccc(-c2nn(C(C)C)c(N)c2C(N)=O)cc1.Cc1ccc(F)cc1C(=O)NCc1ccc(-c2nn([C@@H]3CCOC3)c(N)c2C(N)=O)cc1.Cc1ccc(F)cc1C(=O)NCc1ccc(-c2nn([C@H]3CCOC3)c(N)c2C(N)=O)cc1. The van der Waals surface area contributed by atoms with Gasteiger partial charge in [-0.2, -0.15) is 15.3 Å². The lowest BCUT2D eigenvalue weighted by Gasteiger charge is -2.10. The van der Waals surface area contributed by atoms with Gasteiger partial charge in [-0.15, -0.1) is 0 Å². The Morgan fingerprint density at radius 3 is 1.04 bits per heavy atom. The summed E-state index contributed by atoms with van der Waals surface area (Å²) >= 11 is 0. The van der Waals surface area contributed by atoms with Gasteiger partial charge in [0.15, 0.2) is 0 Å². The summed E-state index contributed by atoms with van der Waals surface area (Å²) in [6.07, 6.45) is 1.51. The first-order valence-electron chi connectivity index (χ1n) is 30.0. The largest absolute Gasteiger partial charge is 0.383 e. The maximum absolute atomic E-state index is 13.5. The molecule has 0 saturated carbocycles. The Kier molecular flexibility index (Phi) is 21.1. The molecular formula is C68H72F3N15O8. The first kappa shape index (κ1) is 67.3. The van der Waals surface area contributed by atoms with Gasteiger partial charge in [0.25, 0.3) is 35.4 Å². The molecule has 0 radical (unpaired) electrons. The van der Waals surface area contributed by atoms with E-state index in [1.807, 2.05) is 50.2 Å². The summed E-state index contributed by atoms with van der Waals surface area (Å²) < 4.78 is 55.9. The molecule has 26 heteroatoms. The number of nitrogen functional groups attached to an aromatic ring is 3. The molecule has 2 aliphatic rings. The minimum atomic E-state index is -0.649. The van der Waals surface area contributed by atoms with Crippen LogP contribution in [0, 0.1) is 38.2 Å². The zero-order chi connectivity index (χ0) is 67.7. The van der Waals surface area contributed by atoms with E-state index in [2.05, 4.69) is 31.2 Å². The van der Waals surface area contributed by atoms with Gasteiger partial charge in [-0.05, 0) is 117 Å². The number of hydrogen-bond acceptors (Lipinski definition) is 14. The Labute approximate surface area is 538 Å². The molecule has 23 nitrogen and oxygen atoms in total. The number of anilines is 3. The van der Waals surface area contributed by atoms with Crippen LogP contribution >= 0.6 is 0 Å². The molecule has 488 valence electrons. The highest BCUT2D eigenvalue weighted by molar-refractivity contribution is 6.05. The first-order valence-corrected chi connectivity index (χ1v) is 30.0. The van der Waals surface area contributed by atoms with E-state index in [4.69, 9.17) is 43.9 Å². The molecule has 6 amide bonds. The topological polar surface area (TPSA) is 367 Å². The Morgan fingerprint density at radius 2 is 0.766 bits per heavy atom. The third-order valence-corrected chi connectivity index (χ3v) is 15.9. The van der Waals surface area contributed by atoms with Crippen LogP contribution in [0.15, 0.2) is 127 Å². The van der Waals surface area contributed by atoms with Crippen molar-refractivity contribution in [2.75, 3.05) is 43.6 Å². The molecule has 2 atom stereocenters. The minimum absolute atomic E-state index is 0.0300. The average molecular weight is 1280 g/mol. The van der Waals surface area contributed by atoms with Crippen LogP contribution in [-0.4, -0.2) is 91.2 Å². The van der Waals surface area contributed by atoms with E-state index in [1.54, 1.807) is 89.4 Å². The summed E-state index contributed by atoms with van der Waals surface area (Å²) in [5.41, 5.74) is 44.4. The summed E-state index contributed by atoms with van der Waals surface area (Å²) in [5.74, 6) is -3.69. The van der Waals surface area contributed by atoms with Crippen molar-refractivity contribution in [1.82, 2.24) is 45.3 Å². The van der Waals surface area contributed by atoms with Crippen molar-refractivity contribution in [1.29, 1.82) is 0 Å². The van der Waals surface area contributed by atoms with Crippen LogP contribution in [0.5, 0.6) is 0 Å². The number of benzene rings is 6. The number of carbonyl (C=O) groups excluding carboxylic acids is 6. The second kappa shape index (κ2) is 29.4. The molecule has 2 aliphatic heterocycles. The second-order valence-electron chi connectivity index (χ2n) is 22.9. The number of ether oxygens (including phenoxy) is 2. The van der Waals surface area contributed by atoms with Gasteiger partial charge in [-0.25, -0.2) is 27.2 Å². The quantitative estimate of drug-likeness (QED) is 0.0390. The van der Waals surface area contributed by atoms with Gasteiger partial charge < -0.3 is 59.8 Å². The van der Waals surface area contributed by atoms with Crippen molar-refractivity contribution in [3.8, 4) is 33.8 Å². The highest BCUT2D eigenvalue weighted by atomic mass is 19.1.